The van der Waals surface area contributed by atoms with Crippen molar-refractivity contribution in [3.8, 4) is 0 Å². The first kappa shape index (κ1) is 14.3. The molecule has 1 aliphatic rings. The van der Waals surface area contributed by atoms with Gasteiger partial charge in [-0.2, -0.15) is 0 Å². The smallest absolute Gasteiger partial charge is 0.227 e. The third-order valence-corrected chi connectivity index (χ3v) is 3.31. The summed E-state index contributed by atoms with van der Waals surface area (Å²) in [6.07, 6.45) is 0.444. The summed E-state index contributed by atoms with van der Waals surface area (Å²) in [7, 11) is 0. The van der Waals surface area contributed by atoms with Crippen LogP contribution in [0.1, 0.15) is 18.1 Å². The van der Waals surface area contributed by atoms with Crippen molar-refractivity contribution in [3.05, 3.63) is 35.4 Å². The summed E-state index contributed by atoms with van der Waals surface area (Å²) >= 11 is 0. The molecule has 2 rings (SSSR count). The van der Waals surface area contributed by atoms with E-state index in [9.17, 15) is 4.79 Å². The van der Waals surface area contributed by atoms with E-state index in [4.69, 9.17) is 15.7 Å². The molecule has 6 heteroatoms. The molecular weight excluding hydrogens is 258 g/mol. The minimum Gasteiger partial charge on any atom is -0.409 e. The first-order valence-corrected chi connectivity index (χ1v) is 6.56. The maximum absolute atomic E-state index is 12.2. The second-order valence-electron chi connectivity index (χ2n) is 4.88. The van der Waals surface area contributed by atoms with Crippen LogP contribution < -0.4 is 5.73 Å². The quantitative estimate of drug-likeness (QED) is 0.366. The van der Waals surface area contributed by atoms with E-state index < -0.39 is 0 Å². The molecule has 3 N–H and O–H groups in total. The summed E-state index contributed by atoms with van der Waals surface area (Å²) in [6, 6.07) is 7.10. The van der Waals surface area contributed by atoms with Crippen molar-refractivity contribution in [2.45, 2.75) is 19.4 Å². The van der Waals surface area contributed by atoms with E-state index in [1.807, 2.05) is 24.0 Å². The maximum Gasteiger partial charge on any atom is 0.227 e. The van der Waals surface area contributed by atoms with Crippen LogP contribution in [-0.2, 0) is 16.0 Å². The molecule has 0 saturated carbocycles. The highest BCUT2D eigenvalue weighted by atomic mass is 16.5. The molecule has 0 aliphatic carbocycles. The molecule has 1 atom stereocenters. The molecular formula is C14H19N3O3. The lowest BCUT2D eigenvalue weighted by Crippen LogP contribution is -2.45. The Bertz CT molecular complexity index is 499. The molecule has 0 spiro atoms. The number of benzene rings is 1. The number of morpholine rings is 1. The molecule has 1 aliphatic heterocycles. The summed E-state index contributed by atoms with van der Waals surface area (Å²) in [5.41, 5.74) is 7.02. The van der Waals surface area contributed by atoms with Crippen molar-refractivity contribution in [1.29, 1.82) is 0 Å². The van der Waals surface area contributed by atoms with Gasteiger partial charge in [-0.3, -0.25) is 4.79 Å². The van der Waals surface area contributed by atoms with Gasteiger partial charge in [-0.25, -0.2) is 0 Å². The third-order valence-electron chi connectivity index (χ3n) is 3.31. The van der Waals surface area contributed by atoms with Gasteiger partial charge in [0, 0.05) is 18.7 Å². The van der Waals surface area contributed by atoms with Crippen LogP contribution in [0.5, 0.6) is 0 Å². The highest BCUT2D eigenvalue weighted by molar-refractivity contribution is 5.97. The minimum absolute atomic E-state index is 0.0601. The minimum atomic E-state index is 0.0601. The Labute approximate surface area is 117 Å². The van der Waals surface area contributed by atoms with Gasteiger partial charge in [-0.15, -0.1) is 0 Å². The number of amides is 1. The molecule has 6 nitrogen and oxygen atoms in total. The lowest BCUT2D eigenvalue weighted by molar-refractivity contribution is -0.137. The van der Waals surface area contributed by atoms with Gasteiger partial charge in [0.25, 0.3) is 0 Å². The fourth-order valence-electron chi connectivity index (χ4n) is 2.18. The van der Waals surface area contributed by atoms with Crippen LogP contribution in [0.3, 0.4) is 0 Å². The number of ether oxygens (including phenoxy) is 1. The molecule has 108 valence electrons. The predicted octanol–water partition coefficient (Wildman–Crippen LogP) is 0.571. The average molecular weight is 277 g/mol. The van der Waals surface area contributed by atoms with Crippen LogP contribution in [0.2, 0.25) is 0 Å². The van der Waals surface area contributed by atoms with Crippen molar-refractivity contribution >= 4 is 11.7 Å². The topological polar surface area (TPSA) is 88.2 Å². The SMILES string of the molecule is CC1CN(C(=O)Cc2ccc(C(N)=NO)cc2)CCO1. The Morgan fingerprint density at radius 1 is 1.50 bits per heavy atom. The molecule has 1 saturated heterocycles. The molecule has 1 aromatic rings. The molecule has 1 amide bonds. The summed E-state index contributed by atoms with van der Waals surface area (Å²) in [5.74, 6) is 0.154. The zero-order valence-electron chi connectivity index (χ0n) is 11.5. The number of carbonyl (C=O) groups is 1. The van der Waals surface area contributed by atoms with Gasteiger partial charge in [0.05, 0.1) is 19.1 Å². The number of oxime groups is 1. The lowest BCUT2D eigenvalue weighted by atomic mass is 10.1. The van der Waals surface area contributed by atoms with Gasteiger partial charge in [0.1, 0.15) is 0 Å². The van der Waals surface area contributed by atoms with E-state index in [-0.39, 0.29) is 17.8 Å². The van der Waals surface area contributed by atoms with E-state index >= 15 is 0 Å². The third kappa shape index (κ3) is 3.48. The number of rotatable bonds is 3. The number of amidine groups is 1. The van der Waals surface area contributed by atoms with Crippen LogP contribution in [0.4, 0.5) is 0 Å². The second-order valence-corrected chi connectivity index (χ2v) is 4.88. The van der Waals surface area contributed by atoms with E-state index in [1.54, 1.807) is 12.1 Å². The van der Waals surface area contributed by atoms with E-state index in [0.717, 1.165) is 5.56 Å². The summed E-state index contributed by atoms with van der Waals surface area (Å²) < 4.78 is 5.42. The zero-order chi connectivity index (χ0) is 14.5. The predicted molar refractivity (Wildman–Crippen MR) is 74.7 cm³/mol. The fraction of sp³-hybridized carbons (Fsp3) is 0.429. The number of carbonyl (C=O) groups excluding carboxylic acids is 1. The molecule has 1 unspecified atom stereocenters. The first-order chi connectivity index (χ1) is 9.60. The van der Waals surface area contributed by atoms with Gasteiger partial charge in [-0.1, -0.05) is 29.4 Å². The van der Waals surface area contributed by atoms with Gasteiger partial charge >= 0.3 is 0 Å². The first-order valence-electron chi connectivity index (χ1n) is 6.56. The Balaban J connectivity index is 1.97. The highest BCUT2D eigenvalue weighted by Crippen LogP contribution is 2.10. The lowest BCUT2D eigenvalue weighted by Gasteiger charge is -2.31. The van der Waals surface area contributed by atoms with Crippen LogP contribution in [0.15, 0.2) is 29.4 Å². The number of nitrogens with two attached hydrogens (primary N) is 1. The highest BCUT2D eigenvalue weighted by Gasteiger charge is 2.21. The van der Waals surface area contributed by atoms with Crippen LogP contribution >= 0.6 is 0 Å². The Kier molecular flexibility index (Phi) is 4.57. The zero-order valence-corrected chi connectivity index (χ0v) is 11.5. The Morgan fingerprint density at radius 2 is 2.20 bits per heavy atom. The van der Waals surface area contributed by atoms with Gasteiger partial charge in [-0.05, 0) is 12.5 Å². The fourth-order valence-corrected chi connectivity index (χ4v) is 2.18. The number of nitrogens with zero attached hydrogens (tertiary/aromatic N) is 2. The van der Waals surface area contributed by atoms with E-state index in [0.29, 0.717) is 31.7 Å². The number of hydrogen-bond acceptors (Lipinski definition) is 4. The summed E-state index contributed by atoms with van der Waals surface area (Å²) in [5, 5.41) is 11.5. The maximum atomic E-state index is 12.2. The number of hydrogen-bond donors (Lipinski definition) is 2. The monoisotopic (exact) mass is 277 g/mol. The van der Waals surface area contributed by atoms with Gasteiger partial charge < -0.3 is 20.6 Å². The average Bonchev–Trinajstić information content (AvgIpc) is 2.47. The van der Waals surface area contributed by atoms with Crippen molar-refractivity contribution < 1.29 is 14.7 Å². The van der Waals surface area contributed by atoms with Crippen molar-refractivity contribution in [2.75, 3.05) is 19.7 Å². The van der Waals surface area contributed by atoms with Crippen LogP contribution in [-0.4, -0.2) is 47.7 Å². The van der Waals surface area contributed by atoms with Crippen molar-refractivity contribution in [1.82, 2.24) is 4.90 Å². The van der Waals surface area contributed by atoms with Crippen molar-refractivity contribution in [2.24, 2.45) is 10.9 Å². The normalized spacial score (nSPS) is 19.9. The van der Waals surface area contributed by atoms with E-state index in [2.05, 4.69) is 5.16 Å². The Hall–Kier alpha value is -2.08. The van der Waals surface area contributed by atoms with Crippen LogP contribution in [0, 0.1) is 0 Å². The molecule has 0 radical (unpaired) electrons. The standard InChI is InChI=1S/C14H19N3O3/c1-10-9-17(6-7-20-10)13(18)8-11-2-4-12(5-3-11)14(15)16-19/h2-5,10,19H,6-9H2,1H3,(H2,15,16). The largest absolute Gasteiger partial charge is 0.409 e. The summed E-state index contributed by atoms with van der Waals surface area (Å²) in [6.45, 7) is 3.84. The molecule has 20 heavy (non-hydrogen) atoms. The van der Waals surface area contributed by atoms with Crippen molar-refractivity contribution in [3.63, 3.8) is 0 Å². The summed E-state index contributed by atoms with van der Waals surface area (Å²) in [4.78, 5) is 14.0. The van der Waals surface area contributed by atoms with Gasteiger partial charge in [0.15, 0.2) is 5.84 Å². The van der Waals surface area contributed by atoms with Crippen LogP contribution in [0.25, 0.3) is 0 Å². The van der Waals surface area contributed by atoms with Gasteiger partial charge in [0.2, 0.25) is 5.91 Å². The molecule has 1 heterocycles. The Morgan fingerprint density at radius 3 is 2.80 bits per heavy atom. The second kappa shape index (κ2) is 6.38. The molecule has 1 fully saturated rings. The molecule has 1 aromatic carbocycles. The van der Waals surface area contributed by atoms with E-state index in [1.165, 1.54) is 0 Å². The molecule has 0 aromatic heterocycles. The molecule has 0 bridgehead atoms.